The molecule has 0 amide bonds. The molecule has 108 valence electrons. The summed E-state index contributed by atoms with van der Waals surface area (Å²) in [4.78, 5) is 0. The summed E-state index contributed by atoms with van der Waals surface area (Å²) >= 11 is 3.62. The number of aryl methyl sites for hydroxylation is 1. The average molecular weight is 336 g/mol. The molecular formula is C16H22BrN3. The number of benzene rings is 1. The van der Waals surface area contributed by atoms with Crippen LogP contribution in [0.1, 0.15) is 36.3 Å². The van der Waals surface area contributed by atoms with Gasteiger partial charge >= 0.3 is 0 Å². The van der Waals surface area contributed by atoms with Gasteiger partial charge in [0, 0.05) is 6.54 Å². The Hall–Kier alpha value is -1.13. The van der Waals surface area contributed by atoms with Gasteiger partial charge in [-0.15, -0.1) is 0 Å². The zero-order valence-electron chi connectivity index (χ0n) is 12.4. The van der Waals surface area contributed by atoms with Gasteiger partial charge in [-0.25, -0.2) is 0 Å². The SMILES string of the molecule is CCCNCC(c1ccccc1)n1nc(C)c(Br)c1C. The molecule has 0 aliphatic carbocycles. The maximum absolute atomic E-state index is 4.70. The first kappa shape index (κ1) is 15.3. The Morgan fingerprint density at radius 1 is 1.25 bits per heavy atom. The van der Waals surface area contributed by atoms with Crippen LogP contribution in [0.5, 0.6) is 0 Å². The molecular weight excluding hydrogens is 314 g/mol. The van der Waals surface area contributed by atoms with Crippen LogP contribution in [-0.2, 0) is 0 Å². The van der Waals surface area contributed by atoms with Gasteiger partial charge < -0.3 is 5.32 Å². The van der Waals surface area contributed by atoms with E-state index in [-0.39, 0.29) is 6.04 Å². The molecule has 2 rings (SSSR count). The highest BCUT2D eigenvalue weighted by molar-refractivity contribution is 9.10. The van der Waals surface area contributed by atoms with Crippen LogP contribution in [0, 0.1) is 13.8 Å². The monoisotopic (exact) mass is 335 g/mol. The molecule has 4 heteroatoms. The van der Waals surface area contributed by atoms with Gasteiger partial charge in [0.25, 0.3) is 0 Å². The molecule has 20 heavy (non-hydrogen) atoms. The largest absolute Gasteiger partial charge is 0.314 e. The average Bonchev–Trinajstić information content (AvgIpc) is 2.72. The van der Waals surface area contributed by atoms with E-state index in [1.165, 1.54) is 11.3 Å². The third-order valence-electron chi connectivity index (χ3n) is 3.48. The summed E-state index contributed by atoms with van der Waals surface area (Å²) in [6, 6.07) is 10.8. The first-order valence-corrected chi connectivity index (χ1v) is 7.91. The van der Waals surface area contributed by atoms with Crippen LogP contribution in [0.25, 0.3) is 0 Å². The summed E-state index contributed by atoms with van der Waals surface area (Å²) in [7, 11) is 0. The fraction of sp³-hybridized carbons (Fsp3) is 0.438. The van der Waals surface area contributed by atoms with Crippen LogP contribution >= 0.6 is 15.9 Å². The van der Waals surface area contributed by atoms with Crippen LogP contribution in [0.2, 0.25) is 0 Å². The highest BCUT2D eigenvalue weighted by Crippen LogP contribution is 2.26. The molecule has 0 aliphatic heterocycles. The lowest BCUT2D eigenvalue weighted by Crippen LogP contribution is -2.28. The van der Waals surface area contributed by atoms with Gasteiger partial charge in [0.05, 0.1) is 21.9 Å². The second-order valence-electron chi connectivity index (χ2n) is 5.06. The molecule has 1 unspecified atom stereocenters. The van der Waals surface area contributed by atoms with Crippen molar-refractivity contribution in [2.24, 2.45) is 0 Å². The molecule has 0 fully saturated rings. The van der Waals surface area contributed by atoms with Crippen LogP contribution in [-0.4, -0.2) is 22.9 Å². The van der Waals surface area contributed by atoms with E-state index in [4.69, 9.17) is 5.10 Å². The van der Waals surface area contributed by atoms with Crippen molar-refractivity contribution in [3.63, 3.8) is 0 Å². The maximum atomic E-state index is 4.70. The van der Waals surface area contributed by atoms with Gasteiger partial charge in [0.1, 0.15) is 0 Å². The summed E-state index contributed by atoms with van der Waals surface area (Å²) in [5, 5.41) is 8.21. The van der Waals surface area contributed by atoms with Crippen molar-refractivity contribution in [1.82, 2.24) is 15.1 Å². The molecule has 3 nitrogen and oxygen atoms in total. The third kappa shape index (κ3) is 3.30. The minimum atomic E-state index is 0.229. The van der Waals surface area contributed by atoms with Crippen molar-refractivity contribution < 1.29 is 0 Å². The van der Waals surface area contributed by atoms with E-state index in [2.05, 4.69) is 70.1 Å². The zero-order valence-corrected chi connectivity index (χ0v) is 13.9. The molecule has 1 aromatic heterocycles. The normalized spacial score (nSPS) is 12.6. The van der Waals surface area contributed by atoms with E-state index >= 15 is 0 Å². The molecule has 1 heterocycles. The zero-order chi connectivity index (χ0) is 14.5. The number of hydrogen-bond acceptors (Lipinski definition) is 2. The fourth-order valence-electron chi connectivity index (χ4n) is 2.38. The Labute approximate surface area is 129 Å². The van der Waals surface area contributed by atoms with E-state index in [1.807, 2.05) is 6.92 Å². The number of halogens is 1. The lowest BCUT2D eigenvalue weighted by atomic mass is 10.1. The number of aromatic nitrogens is 2. The highest BCUT2D eigenvalue weighted by Gasteiger charge is 2.19. The smallest absolute Gasteiger partial charge is 0.0896 e. The summed E-state index contributed by atoms with van der Waals surface area (Å²) < 4.78 is 3.23. The maximum Gasteiger partial charge on any atom is 0.0896 e. The molecule has 1 aromatic carbocycles. The van der Waals surface area contributed by atoms with E-state index in [0.29, 0.717) is 0 Å². The first-order valence-electron chi connectivity index (χ1n) is 7.12. The Balaban J connectivity index is 2.33. The van der Waals surface area contributed by atoms with Gasteiger partial charge in [-0.05, 0) is 48.3 Å². The van der Waals surface area contributed by atoms with Gasteiger partial charge in [-0.3, -0.25) is 4.68 Å². The van der Waals surface area contributed by atoms with Crippen molar-refractivity contribution in [3.8, 4) is 0 Å². The Kier molecular flexibility index (Phi) is 5.38. The second kappa shape index (κ2) is 7.04. The number of rotatable bonds is 6. The van der Waals surface area contributed by atoms with E-state index < -0.39 is 0 Å². The fourth-order valence-corrected chi connectivity index (χ4v) is 2.64. The Morgan fingerprint density at radius 2 is 1.95 bits per heavy atom. The van der Waals surface area contributed by atoms with Gasteiger partial charge in [-0.2, -0.15) is 5.10 Å². The van der Waals surface area contributed by atoms with Crippen molar-refractivity contribution >= 4 is 15.9 Å². The number of nitrogens with one attached hydrogen (secondary N) is 1. The first-order chi connectivity index (χ1) is 9.65. The molecule has 0 spiro atoms. The lowest BCUT2D eigenvalue weighted by Gasteiger charge is -2.20. The third-order valence-corrected chi connectivity index (χ3v) is 4.63. The van der Waals surface area contributed by atoms with Crippen LogP contribution < -0.4 is 5.32 Å². The summed E-state index contributed by atoms with van der Waals surface area (Å²) in [5.74, 6) is 0. The van der Waals surface area contributed by atoms with Crippen LogP contribution in [0.3, 0.4) is 0 Å². The van der Waals surface area contributed by atoms with E-state index in [1.54, 1.807) is 0 Å². The molecule has 2 aromatic rings. The Bertz CT molecular complexity index is 548. The molecule has 0 saturated carbocycles. The topological polar surface area (TPSA) is 29.9 Å². The van der Waals surface area contributed by atoms with Crippen LogP contribution in [0.15, 0.2) is 34.8 Å². The standard InChI is InChI=1S/C16H22BrN3/c1-4-10-18-11-15(14-8-6-5-7-9-14)20-13(3)16(17)12(2)19-20/h5-9,15,18H,4,10-11H2,1-3H3. The minimum Gasteiger partial charge on any atom is -0.314 e. The number of nitrogens with zero attached hydrogens (tertiary/aromatic N) is 2. The van der Waals surface area contributed by atoms with E-state index in [0.717, 1.165) is 29.7 Å². The van der Waals surface area contributed by atoms with Gasteiger partial charge in [-0.1, -0.05) is 37.3 Å². The lowest BCUT2D eigenvalue weighted by molar-refractivity contribution is 0.469. The minimum absolute atomic E-state index is 0.229. The Morgan fingerprint density at radius 3 is 2.50 bits per heavy atom. The van der Waals surface area contributed by atoms with E-state index in [9.17, 15) is 0 Å². The number of hydrogen-bond donors (Lipinski definition) is 1. The predicted octanol–water partition coefficient (Wildman–Crippen LogP) is 3.85. The predicted molar refractivity (Wildman–Crippen MR) is 87.1 cm³/mol. The van der Waals surface area contributed by atoms with Gasteiger partial charge in [0.15, 0.2) is 0 Å². The van der Waals surface area contributed by atoms with Crippen molar-refractivity contribution in [1.29, 1.82) is 0 Å². The van der Waals surface area contributed by atoms with Gasteiger partial charge in [0.2, 0.25) is 0 Å². The molecule has 1 atom stereocenters. The van der Waals surface area contributed by atoms with Crippen molar-refractivity contribution in [2.75, 3.05) is 13.1 Å². The summed E-state index contributed by atoms with van der Waals surface area (Å²) in [5.41, 5.74) is 3.50. The molecule has 0 bridgehead atoms. The highest BCUT2D eigenvalue weighted by atomic mass is 79.9. The molecule has 1 N–H and O–H groups in total. The summed E-state index contributed by atoms with van der Waals surface area (Å²) in [6.07, 6.45) is 1.14. The molecule has 0 saturated heterocycles. The second-order valence-corrected chi connectivity index (χ2v) is 5.85. The van der Waals surface area contributed by atoms with Crippen molar-refractivity contribution in [2.45, 2.75) is 33.2 Å². The molecule has 0 aliphatic rings. The quantitative estimate of drug-likeness (QED) is 0.812. The molecule has 0 radical (unpaired) electrons. The van der Waals surface area contributed by atoms with Crippen LogP contribution in [0.4, 0.5) is 0 Å². The van der Waals surface area contributed by atoms with Crippen molar-refractivity contribution in [3.05, 3.63) is 51.8 Å². The summed E-state index contributed by atoms with van der Waals surface area (Å²) in [6.45, 7) is 8.26.